The summed E-state index contributed by atoms with van der Waals surface area (Å²) in [6.07, 6.45) is 6.98. The van der Waals surface area contributed by atoms with Crippen LogP contribution < -0.4 is 10.4 Å². The SMILES string of the molecule is CC(C)(C)[Si](OC[C@]12CCCN1[C@H](CCCO)CC2)(c1ccccc1)c1ccccc1. The van der Waals surface area contributed by atoms with Gasteiger partial charge in [-0.3, -0.25) is 4.90 Å². The van der Waals surface area contributed by atoms with E-state index in [2.05, 4.69) is 86.3 Å². The van der Waals surface area contributed by atoms with Crippen LogP contribution in [0.1, 0.15) is 59.3 Å². The number of fused-ring (bicyclic) bond motifs is 1. The predicted octanol–water partition coefficient (Wildman–Crippen LogP) is 4.33. The third-order valence-electron chi connectivity index (χ3n) is 7.70. The van der Waals surface area contributed by atoms with Crippen molar-refractivity contribution in [1.82, 2.24) is 4.90 Å². The molecule has 168 valence electrons. The lowest BCUT2D eigenvalue weighted by atomic mass is 9.95. The summed E-state index contributed by atoms with van der Waals surface area (Å²) < 4.78 is 7.36. The predicted molar refractivity (Wildman–Crippen MR) is 132 cm³/mol. The fourth-order valence-electron chi connectivity index (χ4n) is 6.25. The van der Waals surface area contributed by atoms with E-state index < -0.39 is 8.32 Å². The van der Waals surface area contributed by atoms with Crippen molar-refractivity contribution in [2.75, 3.05) is 19.8 Å². The van der Waals surface area contributed by atoms with Gasteiger partial charge in [-0.2, -0.15) is 0 Å². The van der Waals surface area contributed by atoms with E-state index in [1.807, 2.05) is 0 Å². The number of hydrogen-bond donors (Lipinski definition) is 1. The Morgan fingerprint density at radius 3 is 2.16 bits per heavy atom. The molecule has 4 rings (SSSR count). The molecular weight excluding hydrogens is 398 g/mol. The molecule has 0 spiro atoms. The zero-order chi connectivity index (χ0) is 22.0. The summed E-state index contributed by atoms with van der Waals surface area (Å²) in [7, 11) is -2.50. The van der Waals surface area contributed by atoms with Crippen LogP contribution in [-0.2, 0) is 4.43 Å². The third-order valence-corrected chi connectivity index (χ3v) is 12.7. The second-order valence-corrected chi connectivity index (χ2v) is 14.8. The lowest BCUT2D eigenvalue weighted by Gasteiger charge is -2.46. The molecule has 1 N–H and O–H groups in total. The molecule has 0 aliphatic carbocycles. The zero-order valence-electron chi connectivity index (χ0n) is 19.5. The van der Waals surface area contributed by atoms with E-state index in [0.717, 1.165) is 19.4 Å². The smallest absolute Gasteiger partial charge is 0.261 e. The minimum atomic E-state index is -2.50. The van der Waals surface area contributed by atoms with Crippen molar-refractivity contribution in [1.29, 1.82) is 0 Å². The van der Waals surface area contributed by atoms with E-state index in [-0.39, 0.29) is 10.6 Å². The average molecular weight is 438 g/mol. The molecule has 2 aliphatic rings. The van der Waals surface area contributed by atoms with Crippen molar-refractivity contribution in [2.24, 2.45) is 0 Å². The quantitative estimate of drug-likeness (QED) is 0.624. The van der Waals surface area contributed by atoms with Gasteiger partial charge in [0.25, 0.3) is 8.32 Å². The standard InChI is InChI=1S/C27H39NO2Si/c1-26(2,3)31(24-13-6-4-7-14-24,25-15-8-5-9-16-25)30-22-27-18-11-20-28(27)23(17-19-27)12-10-21-29/h4-9,13-16,23,29H,10-12,17-22H2,1-3H3/t23-,27-/m1/s1. The van der Waals surface area contributed by atoms with Crippen LogP contribution in [-0.4, -0.2) is 49.7 Å². The maximum absolute atomic E-state index is 9.35. The molecule has 2 aromatic rings. The minimum absolute atomic E-state index is 0.0185. The van der Waals surface area contributed by atoms with E-state index in [0.29, 0.717) is 12.6 Å². The number of hydrogen-bond acceptors (Lipinski definition) is 3. The van der Waals surface area contributed by atoms with Gasteiger partial charge in [0.15, 0.2) is 0 Å². The van der Waals surface area contributed by atoms with Gasteiger partial charge in [-0.1, -0.05) is 81.4 Å². The molecule has 2 fully saturated rings. The van der Waals surface area contributed by atoms with Gasteiger partial charge in [0.05, 0.1) is 6.61 Å². The maximum Gasteiger partial charge on any atom is 0.261 e. The summed E-state index contributed by atoms with van der Waals surface area (Å²) in [5.41, 5.74) is 0.174. The van der Waals surface area contributed by atoms with Gasteiger partial charge in [0, 0.05) is 18.2 Å². The van der Waals surface area contributed by atoms with Crippen molar-refractivity contribution in [3.8, 4) is 0 Å². The highest BCUT2D eigenvalue weighted by Crippen LogP contribution is 2.45. The Hall–Kier alpha value is -1.46. The van der Waals surface area contributed by atoms with E-state index in [4.69, 9.17) is 4.43 Å². The Bertz CT molecular complexity index is 796. The Morgan fingerprint density at radius 1 is 1.00 bits per heavy atom. The minimum Gasteiger partial charge on any atom is -0.406 e. The van der Waals surface area contributed by atoms with Crippen LogP contribution in [0.15, 0.2) is 60.7 Å². The lowest BCUT2D eigenvalue weighted by Crippen LogP contribution is -2.68. The average Bonchev–Trinajstić information content (AvgIpc) is 3.33. The van der Waals surface area contributed by atoms with Crippen LogP contribution in [0, 0.1) is 0 Å². The van der Waals surface area contributed by atoms with Crippen molar-refractivity contribution in [3.63, 3.8) is 0 Å². The van der Waals surface area contributed by atoms with Crippen molar-refractivity contribution >= 4 is 18.7 Å². The molecule has 4 heteroatoms. The molecule has 2 atom stereocenters. The number of aliphatic hydroxyl groups is 1. The van der Waals surface area contributed by atoms with E-state index in [1.165, 1.54) is 42.6 Å². The number of benzene rings is 2. The molecule has 3 nitrogen and oxygen atoms in total. The molecule has 0 radical (unpaired) electrons. The largest absolute Gasteiger partial charge is 0.406 e. The van der Waals surface area contributed by atoms with Crippen LogP contribution in [0.25, 0.3) is 0 Å². The summed E-state index contributed by atoms with van der Waals surface area (Å²) in [6.45, 7) is 9.39. The number of nitrogens with zero attached hydrogens (tertiary/aromatic N) is 1. The highest BCUT2D eigenvalue weighted by Gasteiger charge is 2.54. The summed E-state index contributed by atoms with van der Waals surface area (Å²) in [5, 5.41) is 12.1. The Morgan fingerprint density at radius 2 is 1.61 bits per heavy atom. The maximum atomic E-state index is 9.35. The van der Waals surface area contributed by atoms with E-state index in [9.17, 15) is 5.11 Å². The van der Waals surface area contributed by atoms with Gasteiger partial charge in [-0.05, 0) is 60.5 Å². The summed E-state index contributed by atoms with van der Waals surface area (Å²) in [6, 6.07) is 22.6. The zero-order valence-corrected chi connectivity index (χ0v) is 20.5. The van der Waals surface area contributed by atoms with Gasteiger partial charge < -0.3 is 9.53 Å². The first-order valence-corrected chi connectivity index (χ1v) is 14.0. The van der Waals surface area contributed by atoms with Crippen molar-refractivity contribution in [2.45, 2.75) is 75.9 Å². The second-order valence-electron chi connectivity index (χ2n) is 10.5. The van der Waals surface area contributed by atoms with Crippen LogP contribution in [0.5, 0.6) is 0 Å². The fourth-order valence-corrected chi connectivity index (χ4v) is 10.9. The topological polar surface area (TPSA) is 32.7 Å². The molecule has 0 aromatic heterocycles. The first-order chi connectivity index (χ1) is 14.9. The van der Waals surface area contributed by atoms with Crippen molar-refractivity contribution < 1.29 is 9.53 Å². The summed E-state index contributed by atoms with van der Waals surface area (Å²) in [4.78, 5) is 2.75. The van der Waals surface area contributed by atoms with E-state index in [1.54, 1.807) is 0 Å². The molecule has 2 aliphatic heterocycles. The van der Waals surface area contributed by atoms with Gasteiger partial charge in [-0.15, -0.1) is 0 Å². The highest BCUT2D eigenvalue weighted by atomic mass is 28.4. The number of aliphatic hydroxyl groups excluding tert-OH is 1. The Labute approximate surface area is 189 Å². The molecule has 0 bridgehead atoms. The molecule has 2 heterocycles. The Balaban J connectivity index is 1.69. The van der Waals surface area contributed by atoms with Crippen LogP contribution >= 0.6 is 0 Å². The van der Waals surface area contributed by atoms with Gasteiger partial charge in [0.2, 0.25) is 0 Å². The molecule has 2 aromatic carbocycles. The van der Waals surface area contributed by atoms with Crippen LogP contribution in [0.2, 0.25) is 5.04 Å². The normalized spacial score (nSPS) is 24.5. The second kappa shape index (κ2) is 9.19. The molecular formula is C27H39NO2Si. The fraction of sp³-hybridized carbons (Fsp3) is 0.556. The van der Waals surface area contributed by atoms with Gasteiger partial charge in [0.1, 0.15) is 0 Å². The number of rotatable bonds is 8. The highest BCUT2D eigenvalue weighted by molar-refractivity contribution is 6.99. The summed E-state index contributed by atoms with van der Waals surface area (Å²) in [5.74, 6) is 0. The summed E-state index contributed by atoms with van der Waals surface area (Å²) >= 11 is 0. The van der Waals surface area contributed by atoms with Crippen LogP contribution in [0.3, 0.4) is 0 Å². The van der Waals surface area contributed by atoms with Crippen molar-refractivity contribution in [3.05, 3.63) is 60.7 Å². The Kier molecular flexibility index (Phi) is 6.73. The molecule has 2 saturated heterocycles. The monoisotopic (exact) mass is 437 g/mol. The molecule has 31 heavy (non-hydrogen) atoms. The van der Waals surface area contributed by atoms with Gasteiger partial charge in [-0.25, -0.2) is 0 Å². The van der Waals surface area contributed by atoms with Crippen LogP contribution in [0.4, 0.5) is 0 Å². The molecule has 0 amide bonds. The van der Waals surface area contributed by atoms with Gasteiger partial charge >= 0.3 is 0 Å². The first-order valence-electron chi connectivity index (χ1n) is 12.1. The lowest BCUT2D eigenvalue weighted by molar-refractivity contribution is 0.0800. The first kappa shape index (κ1) is 22.7. The molecule has 0 unspecified atom stereocenters. The third kappa shape index (κ3) is 4.16. The van der Waals surface area contributed by atoms with E-state index >= 15 is 0 Å². The molecule has 0 saturated carbocycles.